The van der Waals surface area contributed by atoms with Crippen LogP contribution in [0.25, 0.3) is 10.9 Å². The SMILES string of the molecule is O=C(CSc1nc2cc(Cl)ccc2c(=O)n1C1CCCC1)N1CCc2ccccc21. The molecule has 7 heteroatoms. The van der Waals surface area contributed by atoms with Crippen molar-refractivity contribution >= 4 is 45.9 Å². The second-order valence-electron chi connectivity index (χ2n) is 7.88. The van der Waals surface area contributed by atoms with Gasteiger partial charge in [-0.2, -0.15) is 0 Å². The Bertz CT molecular complexity index is 1190. The number of anilines is 1. The molecule has 30 heavy (non-hydrogen) atoms. The normalized spacial score (nSPS) is 16.4. The zero-order chi connectivity index (χ0) is 20.7. The van der Waals surface area contributed by atoms with Crippen molar-refractivity contribution in [2.45, 2.75) is 43.3 Å². The van der Waals surface area contributed by atoms with Crippen LogP contribution < -0.4 is 10.5 Å². The molecule has 1 saturated carbocycles. The van der Waals surface area contributed by atoms with E-state index in [9.17, 15) is 9.59 Å². The Balaban J connectivity index is 1.47. The average Bonchev–Trinajstić information content (AvgIpc) is 3.42. The summed E-state index contributed by atoms with van der Waals surface area (Å²) in [5.41, 5.74) is 2.75. The van der Waals surface area contributed by atoms with E-state index in [-0.39, 0.29) is 23.3 Å². The number of thioether (sulfide) groups is 1. The molecule has 0 radical (unpaired) electrons. The summed E-state index contributed by atoms with van der Waals surface area (Å²) in [6.07, 6.45) is 5.06. The van der Waals surface area contributed by atoms with Gasteiger partial charge in [0.05, 0.1) is 16.7 Å². The maximum atomic E-state index is 13.3. The maximum Gasteiger partial charge on any atom is 0.262 e. The minimum absolute atomic E-state index is 0.0370. The quantitative estimate of drug-likeness (QED) is 0.431. The minimum Gasteiger partial charge on any atom is -0.311 e. The molecule has 1 aromatic heterocycles. The van der Waals surface area contributed by atoms with Crippen LogP contribution in [-0.4, -0.2) is 27.8 Å². The Morgan fingerprint density at radius 2 is 1.97 bits per heavy atom. The number of hydrogen-bond donors (Lipinski definition) is 0. The van der Waals surface area contributed by atoms with E-state index >= 15 is 0 Å². The van der Waals surface area contributed by atoms with E-state index in [0.29, 0.717) is 27.6 Å². The molecular weight excluding hydrogens is 418 g/mol. The van der Waals surface area contributed by atoms with Gasteiger partial charge in [-0.05, 0) is 49.1 Å². The van der Waals surface area contributed by atoms with Gasteiger partial charge in [-0.15, -0.1) is 0 Å². The number of benzene rings is 2. The summed E-state index contributed by atoms with van der Waals surface area (Å²) in [7, 11) is 0. The Hall–Kier alpha value is -2.31. The van der Waals surface area contributed by atoms with Crippen LogP contribution in [-0.2, 0) is 11.2 Å². The smallest absolute Gasteiger partial charge is 0.262 e. The molecule has 0 spiro atoms. The third-order valence-electron chi connectivity index (χ3n) is 6.03. The largest absolute Gasteiger partial charge is 0.311 e. The summed E-state index contributed by atoms with van der Waals surface area (Å²) in [6, 6.07) is 13.4. The molecule has 1 amide bonds. The second-order valence-corrected chi connectivity index (χ2v) is 9.26. The Labute approximate surface area is 184 Å². The fourth-order valence-electron chi connectivity index (χ4n) is 4.54. The van der Waals surface area contributed by atoms with Gasteiger partial charge in [0.2, 0.25) is 5.91 Å². The standard InChI is InChI=1S/C23H22ClN3O2S/c24-16-9-10-18-19(13-16)25-23(27(22(18)29)17-6-2-3-7-17)30-14-21(28)26-12-11-15-5-1-4-8-20(15)26/h1,4-5,8-10,13,17H,2-3,6-7,11-12,14H2. The van der Waals surface area contributed by atoms with Gasteiger partial charge in [0.15, 0.2) is 5.16 Å². The van der Waals surface area contributed by atoms with E-state index in [1.54, 1.807) is 18.2 Å². The molecule has 1 fully saturated rings. The fourth-order valence-corrected chi connectivity index (χ4v) is 5.65. The van der Waals surface area contributed by atoms with Crippen molar-refractivity contribution in [3.8, 4) is 0 Å². The van der Waals surface area contributed by atoms with E-state index in [2.05, 4.69) is 6.07 Å². The molecule has 0 atom stereocenters. The Morgan fingerprint density at radius 1 is 1.17 bits per heavy atom. The van der Waals surface area contributed by atoms with E-state index in [0.717, 1.165) is 37.8 Å². The number of fused-ring (bicyclic) bond motifs is 2. The lowest BCUT2D eigenvalue weighted by Gasteiger charge is -2.20. The van der Waals surface area contributed by atoms with Gasteiger partial charge in [-0.1, -0.05) is 54.4 Å². The number of nitrogens with zero attached hydrogens (tertiary/aromatic N) is 3. The first-order valence-corrected chi connectivity index (χ1v) is 11.7. The number of hydrogen-bond acceptors (Lipinski definition) is 4. The van der Waals surface area contributed by atoms with E-state index in [4.69, 9.17) is 16.6 Å². The van der Waals surface area contributed by atoms with Crippen molar-refractivity contribution in [1.82, 2.24) is 9.55 Å². The predicted molar refractivity (Wildman–Crippen MR) is 122 cm³/mol. The van der Waals surface area contributed by atoms with E-state index in [1.165, 1.54) is 17.3 Å². The van der Waals surface area contributed by atoms with Crippen LogP contribution in [0.2, 0.25) is 5.02 Å². The Morgan fingerprint density at radius 3 is 2.80 bits per heavy atom. The van der Waals surface area contributed by atoms with E-state index in [1.807, 2.05) is 27.7 Å². The van der Waals surface area contributed by atoms with Crippen LogP contribution in [0.4, 0.5) is 5.69 Å². The summed E-state index contributed by atoms with van der Waals surface area (Å²) >= 11 is 7.49. The highest BCUT2D eigenvalue weighted by atomic mass is 35.5. The molecule has 5 rings (SSSR count). The molecule has 2 aromatic carbocycles. The first-order valence-electron chi connectivity index (χ1n) is 10.3. The molecule has 0 bridgehead atoms. The molecule has 0 N–H and O–H groups in total. The summed E-state index contributed by atoms with van der Waals surface area (Å²) in [5, 5.41) is 1.74. The highest BCUT2D eigenvalue weighted by Gasteiger charge is 2.26. The van der Waals surface area contributed by atoms with Gasteiger partial charge in [0.1, 0.15) is 0 Å². The van der Waals surface area contributed by atoms with Crippen molar-refractivity contribution in [3.05, 3.63) is 63.4 Å². The summed E-state index contributed by atoms with van der Waals surface area (Å²) < 4.78 is 1.82. The lowest BCUT2D eigenvalue weighted by atomic mass is 10.2. The number of para-hydroxylation sites is 1. The number of carbonyl (C=O) groups excluding carboxylic acids is 1. The predicted octanol–water partition coefficient (Wildman–Crippen LogP) is 4.85. The minimum atomic E-state index is -0.0370. The van der Waals surface area contributed by atoms with Crippen LogP contribution in [0.1, 0.15) is 37.3 Å². The average molecular weight is 440 g/mol. The maximum absolute atomic E-state index is 13.3. The number of rotatable bonds is 4. The molecule has 2 aliphatic rings. The lowest BCUT2D eigenvalue weighted by Crippen LogP contribution is -2.31. The van der Waals surface area contributed by atoms with Crippen LogP contribution in [0.5, 0.6) is 0 Å². The van der Waals surface area contributed by atoms with Crippen LogP contribution in [0.3, 0.4) is 0 Å². The number of carbonyl (C=O) groups is 1. The third-order valence-corrected chi connectivity index (χ3v) is 7.21. The topological polar surface area (TPSA) is 55.2 Å². The fraction of sp³-hybridized carbons (Fsp3) is 0.348. The first kappa shape index (κ1) is 19.6. The molecule has 154 valence electrons. The van der Waals surface area contributed by atoms with Gasteiger partial charge < -0.3 is 4.90 Å². The highest BCUT2D eigenvalue weighted by Crippen LogP contribution is 2.33. The van der Waals surface area contributed by atoms with Gasteiger partial charge >= 0.3 is 0 Å². The van der Waals surface area contributed by atoms with E-state index < -0.39 is 0 Å². The van der Waals surface area contributed by atoms with Gasteiger partial charge in [-0.3, -0.25) is 14.2 Å². The van der Waals surface area contributed by atoms with Crippen LogP contribution in [0.15, 0.2) is 52.4 Å². The van der Waals surface area contributed by atoms with Crippen molar-refractivity contribution in [2.75, 3.05) is 17.2 Å². The van der Waals surface area contributed by atoms with Gasteiger partial charge in [0.25, 0.3) is 5.56 Å². The summed E-state index contributed by atoms with van der Waals surface area (Å²) in [5.74, 6) is 0.294. The first-order chi connectivity index (χ1) is 14.6. The zero-order valence-electron chi connectivity index (χ0n) is 16.5. The molecule has 2 heterocycles. The van der Waals surface area contributed by atoms with Crippen molar-refractivity contribution in [1.29, 1.82) is 0 Å². The molecule has 3 aromatic rings. The summed E-state index contributed by atoms with van der Waals surface area (Å²) in [6.45, 7) is 0.703. The van der Waals surface area contributed by atoms with Crippen molar-refractivity contribution < 1.29 is 4.79 Å². The van der Waals surface area contributed by atoms with Gasteiger partial charge in [0, 0.05) is 23.3 Å². The summed E-state index contributed by atoms with van der Waals surface area (Å²) in [4.78, 5) is 32.9. The zero-order valence-corrected chi connectivity index (χ0v) is 18.1. The number of aromatic nitrogens is 2. The molecule has 5 nitrogen and oxygen atoms in total. The lowest BCUT2D eigenvalue weighted by molar-refractivity contribution is -0.116. The monoisotopic (exact) mass is 439 g/mol. The third kappa shape index (κ3) is 3.52. The molecule has 0 unspecified atom stereocenters. The molecule has 1 aliphatic carbocycles. The number of halogens is 1. The van der Waals surface area contributed by atoms with Crippen molar-refractivity contribution in [2.24, 2.45) is 0 Å². The van der Waals surface area contributed by atoms with Crippen LogP contribution in [0, 0.1) is 0 Å². The number of amides is 1. The van der Waals surface area contributed by atoms with Crippen LogP contribution >= 0.6 is 23.4 Å². The van der Waals surface area contributed by atoms with Crippen molar-refractivity contribution in [3.63, 3.8) is 0 Å². The molecular formula is C23H22ClN3O2S. The highest BCUT2D eigenvalue weighted by molar-refractivity contribution is 7.99. The van der Waals surface area contributed by atoms with Gasteiger partial charge in [-0.25, -0.2) is 4.98 Å². The molecule has 1 aliphatic heterocycles. The second kappa shape index (κ2) is 8.08. The molecule has 0 saturated heterocycles. The Kier molecular flexibility index (Phi) is 5.29.